The smallest absolute Gasteiger partial charge is 0.248 e. The minimum atomic E-state index is -0.194. The van der Waals surface area contributed by atoms with Crippen molar-refractivity contribution in [3.05, 3.63) is 157 Å². The second-order valence-electron chi connectivity index (χ2n) is 14.0. The first-order chi connectivity index (χ1) is 25.4. The highest BCUT2D eigenvalue weighted by atomic mass is 16.4. The first kappa shape index (κ1) is 31.3. The van der Waals surface area contributed by atoms with Crippen molar-refractivity contribution < 1.29 is 8.83 Å². The molecule has 0 atom stereocenters. The van der Waals surface area contributed by atoms with E-state index in [0.717, 1.165) is 38.9 Å². The molecule has 250 valence electrons. The zero-order valence-corrected chi connectivity index (χ0v) is 29.0. The van der Waals surface area contributed by atoms with Gasteiger partial charge >= 0.3 is 0 Å². The summed E-state index contributed by atoms with van der Waals surface area (Å²) < 4.78 is 12.3. The van der Waals surface area contributed by atoms with E-state index in [9.17, 15) is 0 Å². The monoisotopic (exact) mass is 674 g/mol. The molecule has 0 spiro atoms. The summed E-state index contributed by atoms with van der Waals surface area (Å²) in [5, 5.41) is 22.3. The Morgan fingerprint density at radius 2 is 0.731 bits per heavy atom. The van der Waals surface area contributed by atoms with Crippen molar-refractivity contribution in [2.45, 2.75) is 26.2 Å². The Morgan fingerprint density at radius 1 is 0.365 bits per heavy atom. The van der Waals surface area contributed by atoms with Gasteiger partial charge in [0.1, 0.15) is 0 Å². The van der Waals surface area contributed by atoms with E-state index in [0.29, 0.717) is 23.6 Å². The van der Waals surface area contributed by atoms with Crippen molar-refractivity contribution in [3.8, 4) is 68.1 Å². The Kier molecular flexibility index (Phi) is 7.58. The van der Waals surface area contributed by atoms with Gasteiger partial charge in [-0.2, -0.15) is 0 Å². The maximum Gasteiger partial charge on any atom is 0.248 e. The molecular weight excluding hydrogens is 641 g/mol. The maximum atomic E-state index is 6.26. The van der Waals surface area contributed by atoms with E-state index in [1.54, 1.807) is 0 Å². The molecular formula is C46H34N4O2. The summed E-state index contributed by atoms with van der Waals surface area (Å²) in [6, 6.07) is 52.1. The molecule has 9 rings (SSSR count). The second kappa shape index (κ2) is 12.6. The van der Waals surface area contributed by atoms with E-state index >= 15 is 0 Å². The molecule has 6 nitrogen and oxygen atoms in total. The van der Waals surface area contributed by atoms with Gasteiger partial charge in [-0.15, -0.1) is 20.4 Å². The van der Waals surface area contributed by atoms with Gasteiger partial charge in [0.15, 0.2) is 0 Å². The second-order valence-corrected chi connectivity index (χ2v) is 14.0. The number of nitrogens with zero attached hydrogens (tertiary/aromatic N) is 4. The highest BCUT2D eigenvalue weighted by molar-refractivity contribution is 6.21. The average Bonchev–Trinajstić information content (AvgIpc) is 3.89. The first-order valence-electron chi connectivity index (χ1n) is 17.4. The van der Waals surface area contributed by atoms with Crippen LogP contribution in [0.1, 0.15) is 26.3 Å². The quantitative estimate of drug-likeness (QED) is 0.163. The SMILES string of the molecule is CC(C)(C)c1cc(-c2c3ccccc3c(-c3ccc(-c4nnc(-c5ccccc5)o4)cc3)c3ccccc23)ccc1-c1nnc(-c2ccccc2)o1. The van der Waals surface area contributed by atoms with Crippen LogP contribution >= 0.6 is 0 Å². The van der Waals surface area contributed by atoms with Gasteiger partial charge in [0.2, 0.25) is 23.6 Å². The number of fused-ring (bicyclic) bond motifs is 2. The van der Waals surface area contributed by atoms with E-state index in [1.165, 1.54) is 32.7 Å². The molecule has 0 bridgehead atoms. The number of hydrogen-bond donors (Lipinski definition) is 0. The van der Waals surface area contributed by atoms with Crippen molar-refractivity contribution in [3.63, 3.8) is 0 Å². The van der Waals surface area contributed by atoms with Crippen LogP contribution in [0.25, 0.3) is 89.6 Å². The molecule has 2 aromatic heterocycles. The third-order valence-electron chi connectivity index (χ3n) is 9.59. The van der Waals surface area contributed by atoms with Crippen LogP contribution in [0.4, 0.5) is 0 Å². The van der Waals surface area contributed by atoms with Gasteiger partial charge in [-0.25, -0.2) is 0 Å². The van der Waals surface area contributed by atoms with Gasteiger partial charge in [0, 0.05) is 22.3 Å². The lowest BCUT2D eigenvalue weighted by Gasteiger charge is -2.24. The maximum absolute atomic E-state index is 6.26. The van der Waals surface area contributed by atoms with Gasteiger partial charge in [0.25, 0.3) is 0 Å². The summed E-state index contributed by atoms with van der Waals surface area (Å²) in [5.41, 5.74) is 9.17. The molecule has 0 saturated carbocycles. The minimum Gasteiger partial charge on any atom is -0.416 e. The Labute approximate surface area is 301 Å². The van der Waals surface area contributed by atoms with E-state index in [1.807, 2.05) is 60.7 Å². The first-order valence-corrected chi connectivity index (χ1v) is 17.4. The molecule has 2 heterocycles. The van der Waals surface area contributed by atoms with Crippen LogP contribution in [0.2, 0.25) is 0 Å². The predicted molar refractivity (Wildman–Crippen MR) is 208 cm³/mol. The lowest BCUT2D eigenvalue weighted by molar-refractivity contribution is 0.567. The third kappa shape index (κ3) is 5.55. The molecule has 7 aromatic carbocycles. The lowest BCUT2D eigenvalue weighted by Crippen LogP contribution is -2.13. The summed E-state index contributed by atoms with van der Waals surface area (Å²) in [5.74, 6) is 2.02. The normalized spacial score (nSPS) is 11.8. The number of hydrogen-bond acceptors (Lipinski definition) is 6. The molecule has 6 heteroatoms. The largest absolute Gasteiger partial charge is 0.416 e. The Bertz CT molecular complexity index is 2650. The van der Waals surface area contributed by atoms with Crippen LogP contribution in [-0.4, -0.2) is 20.4 Å². The van der Waals surface area contributed by atoms with Crippen LogP contribution < -0.4 is 0 Å². The Balaban J connectivity index is 1.16. The van der Waals surface area contributed by atoms with Crippen LogP contribution in [-0.2, 0) is 5.41 Å². The van der Waals surface area contributed by atoms with Crippen molar-refractivity contribution >= 4 is 21.5 Å². The van der Waals surface area contributed by atoms with Crippen LogP contribution in [0.15, 0.2) is 160 Å². The van der Waals surface area contributed by atoms with Gasteiger partial charge in [-0.3, -0.25) is 0 Å². The van der Waals surface area contributed by atoms with E-state index in [4.69, 9.17) is 8.83 Å². The molecule has 0 unspecified atom stereocenters. The highest BCUT2D eigenvalue weighted by Crippen LogP contribution is 2.45. The number of benzene rings is 7. The topological polar surface area (TPSA) is 77.8 Å². The minimum absolute atomic E-state index is 0.194. The zero-order chi connectivity index (χ0) is 35.2. The molecule has 9 aromatic rings. The van der Waals surface area contributed by atoms with E-state index in [2.05, 4.69) is 132 Å². The fourth-order valence-corrected chi connectivity index (χ4v) is 7.10. The van der Waals surface area contributed by atoms with Crippen LogP contribution in [0, 0.1) is 0 Å². The lowest BCUT2D eigenvalue weighted by atomic mass is 9.80. The molecule has 0 amide bonds. The van der Waals surface area contributed by atoms with Crippen LogP contribution in [0.5, 0.6) is 0 Å². The summed E-state index contributed by atoms with van der Waals surface area (Å²) in [6.07, 6.45) is 0. The molecule has 0 fully saturated rings. The van der Waals surface area contributed by atoms with Gasteiger partial charge in [-0.05, 0) is 103 Å². The number of aromatic nitrogens is 4. The molecule has 52 heavy (non-hydrogen) atoms. The van der Waals surface area contributed by atoms with Crippen molar-refractivity contribution in [1.82, 2.24) is 20.4 Å². The van der Waals surface area contributed by atoms with Crippen LogP contribution in [0.3, 0.4) is 0 Å². The van der Waals surface area contributed by atoms with Crippen molar-refractivity contribution in [2.24, 2.45) is 0 Å². The standard InChI is InChI=1S/C46H34N4O2/c1-46(2,3)39-28-33(26-27-38(39)45-50-49-43(52-45)31-16-8-5-9-17-31)41-36-20-12-10-18-34(36)40(35-19-11-13-21-37(35)41)29-22-24-32(25-23-29)44-48-47-42(51-44)30-14-6-4-7-15-30/h4-28H,1-3H3. The van der Waals surface area contributed by atoms with Crippen molar-refractivity contribution in [2.75, 3.05) is 0 Å². The molecule has 0 saturated heterocycles. The van der Waals surface area contributed by atoms with Gasteiger partial charge in [0.05, 0.1) is 0 Å². The number of rotatable bonds is 6. The predicted octanol–water partition coefficient (Wildman–Crippen LogP) is 12.1. The Hall–Kier alpha value is -6.66. The van der Waals surface area contributed by atoms with E-state index in [-0.39, 0.29) is 5.41 Å². The molecule has 0 N–H and O–H groups in total. The summed E-state index contributed by atoms with van der Waals surface area (Å²) in [6.45, 7) is 6.68. The highest BCUT2D eigenvalue weighted by Gasteiger charge is 2.25. The molecule has 0 aliphatic carbocycles. The molecule has 0 radical (unpaired) electrons. The van der Waals surface area contributed by atoms with Gasteiger partial charge < -0.3 is 8.83 Å². The Morgan fingerprint density at radius 3 is 1.21 bits per heavy atom. The fourth-order valence-electron chi connectivity index (χ4n) is 7.10. The fraction of sp³-hybridized carbons (Fsp3) is 0.0870. The van der Waals surface area contributed by atoms with E-state index < -0.39 is 0 Å². The summed E-state index contributed by atoms with van der Waals surface area (Å²) in [4.78, 5) is 0. The summed E-state index contributed by atoms with van der Waals surface area (Å²) >= 11 is 0. The van der Waals surface area contributed by atoms with Crippen molar-refractivity contribution in [1.29, 1.82) is 0 Å². The molecule has 0 aliphatic rings. The summed E-state index contributed by atoms with van der Waals surface area (Å²) in [7, 11) is 0. The zero-order valence-electron chi connectivity index (χ0n) is 29.0. The third-order valence-corrected chi connectivity index (χ3v) is 9.59. The van der Waals surface area contributed by atoms with Gasteiger partial charge in [-0.1, -0.05) is 124 Å². The average molecular weight is 675 g/mol. The molecule has 0 aliphatic heterocycles.